The summed E-state index contributed by atoms with van der Waals surface area (Å²) in [6.07, 6.45) is 3.24. The summed E-state index contributed by atoms with van der Waals surface area (Å²) in [5.74, 6) is 0.262. The second-order valence-electron chi connectivity index (χ2n) is 3.90. The van der Waals surface area contributed by atoms with Gasteiger partial charge in [-0.3, -0.25) is 4.40 Å². The lowest BCUT2D eigenvalue weighted by Crippen LogP contribution is -1.92. The lowest BCUT2D eigenvalue weighted by molar-refractivity contribution is 0.619. The van der Waals surface area contributed by atoms with Gasteiger partial charge in [0.25, 0.3) is 0 Å². The molecule has 0 spiro atoms. The largest absolute Gasteiger partial charge is 0.278 e. The number of halogens is 2. The van der Waals surface area contributed by atoms with E-state index in [0.717, 1.165) is 0 Å². The topological polar surface area (TPSA) is 43.1 Å². The summed E-state index contributed by atoms with van der Waals surface area (Å²) in [6, 6.07) is 4.93. The van der Waals surface area contributed by atoms with Gasteiger partial charge in [0.2, 0.25) is 0 Å². The second-order valence-corrected chi connectivity index (χ2v) is 4.26. The summed E-state index contributed by atoms with van der Waals surface area (Å²) in [5, 5.41) is 8.23. The monoisotopic (exact) mass is 262 g/mol. The number of fused-ring (bicyclic) bond motifs is 1. The minimum atomic E-state index is -0.274. The van der Waals surface area contributed by atoms with E-state index in [0.29, 0.717) is 22.6 Å². The van der Waals surface area contributed by atoms with E-state index in [4.69, 9.17) is 11.6 Å². The summed E-state index contributed by atoms with van der Waals surface area (Å²) in [5.41, 5.74) is 1.69. The van der Waals surface area contributed by atoms with Crippen molar-refractivity contribution in [3.8, 4) is 11.4 Å². The van der Waals surface area contributed by atoms with Crippen molar-refractivity contribution >= 4 is 17.2 Å². The van der Waals surface area contributed by atoms with Crippen molar-refractivity contribution in [1.29, 1.82) is 0 Å². The average molecular weight is 263 g/mol. The van der Waals surface area contributed by atoms with Gasteiger partial charge < -0.3 is 0 Å². The van der Waals surface area contributed by atoms with Gasteiger partial charge in [-0.2, -0.15) is 0 Å². The number of benzene rings is 1. The molecule has 90 valence electrons. The third kappa shape index (κ3) is 1.64. The Hall–Kier alpha value is -2.01. The molecule has 6 heteroatoms. The molecule has 0 fully saturated rings. The quantitative estimate of drug-likeness (QED) is 0.677. The Balaban J connectivity index is 2.25. The second kappa shape index (κ2) is 4.03. The van der Waals surface area contributed by atoms with E-state index >= 15 is 0 Å². The van der Waals surface area contributed by atoms with E-state index in [2.05, 4.69) is 15.2 Å². The van der Waals surface area contributed by atoms with Crippen LogP contribution in [0.25, 0.3) is 17.0 Å². The third-order valence-electron chi connectivity index (χ3n) is 2.71. The molecule has 0 saturated carbocycles. The van der Waals surface area contributed by atoms with Crippen LogP contribution in [0.4, 0.5) is 4.39 Å². The highest BCUT2D eigenvalue weighted by Crippen LogP contribution is 2.22. The first-order chi connectivity index (χ1) is 8.66. The molecule has 0 aliphatic carbocycles. The Morgan fingerprint density at radius 3 is 2.89 bits per heavy atom. The maximum Gasteiger partial charge on any atom is 0.198 e. The Bertz CT molecular complexity index is 738. The highest BCUT2D eigenvalue weighted by atomic mass is 35.5. The number of rotatable bonds is 1. The van der Waals surface area contributed by atoms with Gasteiger partial charge in [-0.05, 0) is 18.6 Å². The zero-order valence-corrected chi connectivity index (χ0v) is 10.2. The molecule has 2 aromatic heterocycles. The molecule has 0 aliphatic rings. The van der Waals surface area contributed by atoms with E-state index in [1.807, 2.05) is 0 Å². The molecule has 4 nitrogen and oxygen atoms in total. The van der Waals surface area contributed by atoms with Crippen LogP contribution in [0.3, 0.4) is 0 Å². The molecule has 0 amide bonds. The summed E-state index contributed by atoms with van der Waals surface area (Å²) in [4.78, 5) is 3.91. The molecule has 0 N–H and O–H groups in total. The molecule has 0 bridgehead atoms. The molecule has 0 saturated heterocycles. The lowest BCUT2D eigenvalue weighted by atomic mass is 10.1. The van der Waals surface area contributed by atoms with Crippen LogP contribution in [0.15, 0.2) is 30.6 Å². The summed E-state index contributed by atoms with van der Waals surface area (Å²) in [7, 11) is 0. The maximum atomic E-state index is 13.6. The van der Waals surface area contributed by atoms with Gasteiger partial charge in [-0.25, -0.2) is 9.37 Å². The van der Waals surface area contributed by atoms with Crippen molar-refractivity contribution in [2.75, 3.05) is 0 Å². The fourth-order valence-corrected chi connectivity index (χ4v) is 1.91. The fraction of sp³-hybridized carbons (Fsp3) is 0.0833. The smallest absolute Gasteiger partial charge is 0.198 e. The maximum absolute atomic E-state index is 13.6. The molecule has 3 aromatic rings. The summed E-state index contributed by atoms with van der Waals surface area (Å²) in [6.45, 7) is 1.71. The predicted octanol–water partition coefficient (Wildman–Crippen LogP) is 2.89. The van der Waals surface area contributed by atoms with Gasteiger partial charge in [0.05, 0.1) is 0 Å². The van der Waals surface area contributed by atoms with E-state index in [1.54, 1.807) is 35.9 Å². The van der Waals surface area contributed by atoms with Crippen LogP contribution < -0.4 is 0 Å². The van der Waals surface area contributed by atoms with Gasteiger partial charge in [-0.1, -0.05) is 23.7 Å². The van der Waals surface area contributed by atoms with Crippen LogP contribution in [-0.2, 0) is 0 Å². The predicted molar refractivity (Wildman–Crippen MR) is 65.9 cm³/mol. The Kier molecular flexibility index (Phi) is 2.48. The van der Waals surface area contributed by atoms with E-state index in [9.17, 15) is 4.39 Å². The fourth-order valence-electron chi connectivity index (χ4n) is 1.73. The first-order valence-corrected chi connectivity index (χ1v) is 5.66. The number of aromatic nitrogens is 4. The van der Waals surface area contributed by atoms with Crippen molar-refractivity contribution in [3.05, 3.63) is 47.1 Å². The van der Waals surface area contributed by atoms with Crippen molar-refractivity contribution in [1.82, 2.24) is 19.6 Å². The molecule has 0 unspecified atom stereocenters. The number of hydrogen-bond acceptors (Lipinski definition) is 3. The summed E-state index contributed by atoms with van der Waals surface area (Å²) >= 11 is 5.91. The highest BCUT2D eigenvalue weighted by molar-refractivity contribution is 6.32. The molecule has 3 rings (SSSR count). The highest BCUT2D eigenvalue weighted by Gasteiger charge is 2.11. The van der Waals surface area contributed by atoms with Crippen molar-refractivity contribution in [2.24, 2.45) is 0 Å². The van der Waals surface area contributed by atoms with Crippen molar-refractivity contribution in [2.45, 2.75) is 6.92 Å². The SMILES string of the molecule is Cc1ccc(-c2nnc3c(Cl)nccn23)cc1F. The van der Waals surface area contributed by atoms with Crippen LogP contribution in [0.2, 0.25) is 5.15 Å². The Morgan fingerprint density at radius 1 is 1.28 bits per heavy atom. The van der Waals surface area contributed by atoms with Gasteiger partial charge in [0.1, 0.15) is 5.82 Å². The molecule has 0 aliphatic heterocycles. The summed E-state index contributed by atoms with van der Waals surface area (Å²) < 4.78 is 15.2. The molecule has 0 atom stereocenters. The van der Waals surface area contributed by atoms with Crippen LogP contribution >= 0.6 is 11.6 Å². The molecular formula is C12H8ClFN4. The van der Waals surface area contributed by atoms with Gasteiger partial charge >= 0.3 is 0 Å². The van der Waals surface area contributed by atoms with E-state index < -0.39 is 0 Å². The van der Waals surface area contributed by atoms with Crippen molar-refractivity contribution in [3.63, 3.8) is 0 Å². The van der Waals surface area contributed by atoms with Crippen LogP contribution in [0.5, 0.6) is 0 Å². The van der Waals surface area contributed by atoms with Gasteiger partial charge in [0, 0.05) is 18.0 Å². The number of hydrogen-bond donors (Lipinski definition) is 0. The molecule has 1 aromatic carbocycles. The van der Waals surface area contributed by atoms with Crippen LogP contribution in [0, 0.1) is 12.7 Å². The normalized spacial score (nSPS) is 11.1. The first kappa shape index (κ1) is 11.1. The lowest BCUT2D eigenvalue weighted by Gasteiger charge is -2.02. The molecule has 2 heterocycles. The first-order valence-electron chi connectivity index (χ1n) is 5.28. The zero-order valence-electron chi connectivity index (χ0n) is 9.43. The van der Waals surface area contributed by atoms with E-state index in [1.165, 1.54) is 6.07 Å². The third-order valence-corrected chi connectivity index (χ3v) is 2.98. The molecule has 18 heavy (non-hydrogen) atoms. The Labute approximate surface area is 107 Å². The van der Waals surface area contributed by atoms with Crippen molar-refractivity contribution < 1.29 is 4.39 Å². The minimum absolute atomic E-state index is 0.267. The number of nitrogens with zero attached hydrogens (tertiary/aromatic N) is 4. The number of aryl methyl sites for hydroxylation is 1. The Morgan fingerprint density at radius 2 is 2.11 bits per heavy atom. The van der Waals surface area contributed by atoms with Crippen LogP contribution in [-0.4, -0.2) is 19.6 Å². The zero-order chi connectivity index (χ0) is 12.7. The average Bonchev–Trinajstić information content (AvgIpc) is 2.78. The van der Waals surface area contributed by atoms with Crippen LogP contribution in [0.1, 0.15) is 5.56 Å². The van der Waals surface area contributed by atoms with Gasteiger partial charge in [0.15, 0.2) is 16.6 Å². The standard InChI is InChI=1S/C12H8ClFN4/c1-7-2-3-8(6-9(7)14)11-16-17-12-10(13)15-4-5-18(11)12/h2-6H,1H3. The van der Waals surface area contributed by atoms with Gasteiger partial charge in [-0.15, -0.1) is 10.2 Å². The molecule has 0 radical (unpaired) electrons. The minimum Gasteiger partial charge on any atom is -0.278 e. The molecular weight excluding hydrogens is 255 g/mol. The van der Waals surface area contributed by atoms with E-state index in [-0.39, 0.29) is 11.0 Å².